The van der Waals surface area contributed by atoms with Crippen molar-refractivity contribution < 1.29 is 4.79 Å². The molecule has 0 N–H and O–H groups in total. The minimum Gasteiger partial charge on any atom is -0.297 e. The van der Waals surface area contributed by atoms with Crippen molar-refractivity contribution in [3.05, 3.63) is 22.4 Å². The van der Waals surface area contributed by atoms with Crippen LogP contribution in [0.5, 0.6) is 0 Å². The van der Waals surface area contributed by atoms with Crippen LogP contribution in [-0.2, 0) is 11.2 Å². The lowest BCUT2D eigenvalue weighted by Crippen LogP contribution is -2.54. The molecule has 1 unspecified atom stereocenters. The summed E-state index contributed by atoms with van der Waals surface area (Å²) >= 11 is 1.69. The molecule has 0 amide bonds. The van der Waals surface area contributed by atoms with E-state index in [1.54, 1.807) is 11.3 Å². The standard InChI is InChI=1S/C15H23NOS/c1-3-15(2,16-9-5-4-6-10-16)14(17)12-13-8-7-11-18-13/h7-8,11H,3-6,9-10,12H2,1-2H3. The van der Waals surface area contributed by atoms with E-state index < -0.39 is 0 Å². The molecule has 0 radical (unpaired) electrons. The monoisotopic (exact) mass is 265 g/mol. The number of hydrogen-bond donors (Lipinski definition) is 0. The minimum absolute atomic E-state index is 0.260. The first kappa shape index (κ1) is 13.8. The first-order valence-corrected chi connectivity index (χ1v) is 7.85. The average molecular weight is 265 g/mol. The summed E-state index contributed by atoms with van der Waals surface area (Å²) in [6, 6.07) is 4.09. The Bertz CT molecular complexity index is 381. The molecular formula is C15H23NOS. The van der Waals surface area contributed by atoms with Gasteiger partial charge >= 0.3 is 0 Å². The molecule has 3 heteroatoms. The predicted octanol–water partition coefficient (Wildman–Crippen LogP) is 3.51. The fourth-order valence-electron chi connectivity index (χ4n) is 2.75. The zero-order chi connectivity index (χ0) is 13.0. The molecule has 1 aliphatic heterocycles. The average Bonchev–Trinajstić information content (AvgIpc) is 2.91. The van der Waals surface area contributed by atoms with Crippen LogP contribution in [0.15, 0.2) is 17.5 Å². The van der Waals surface area contributed by atoms with E-state index in [1.807, 2.05) is 11.4 Å². The van der Waals surface area contributed by atoms with Gasteiger partial charge in [-0.05, 0) is 50.7 Å². The molecule has 100 valence electrons. The van der Waals surface area contributed by atoms with Gasteiger partial charge in [0.25, 0.3) is 0 Å². The summed E-state index contributed by atoms with van der Waals surface area (Å²) in [6.07, 6.45) is 5.30. The Hall–Kier alpha value is -0.670. The summed E-state index contributed by atoms with van der Waals surface area (Å²) in [7, 11) is 0. The molecule has 1 aromatic heterocycles. The van der Waals surface area contributed by atoms with Crippen LogP contribution in [0.2, 0.25) is 0 Å². The SMILES string of the molecule is CCC(C)(C(=O)Cc1cccs1)N1CCCCC1. The van der Waals surface area contributed by atoms with Gasteiger partial charge in [0.1, 0.15) is 0 Å². The second-order valence-electron chi connectivity index (χ2n) is 5.35. The van der Waals surface area contributed by atoms with Crippen molar-refractivity contribution in [2.45, 2.75) is 51.5 Å². The lowest BCUT2D eigenvalue weighted by molar-refractivity contribution is -0.130. The lowest BCUT2D eigenvalue weighted by atomic mass is 9.87. The highest BCUT2D eigenvalue weighted by Gasteiger charge is 2.37. The normalized spacial score (nSPS) is 20.6. The fraction of sp³-hybridized carbons (Fsp3) is 0.667. The molecule has 1 atom stereocenters. The van der Waals surface area contributed by atoms with Crippen molar-refractivity contribution in [1.29, 1.82) is 0 Å². The number of ketones is 1. The van der Waals surface area contributed by atoms with Gasteiger partial charge in [0.05, 0.1) is 5.54 Å². The summed E-state index contributed by atoms with van der Waals surface area (Å²) in [5.41, 5.74) is -0.260. The third-order valence-corrected chi connectivity index (χ3v) is 5.13. The predicted molar refractivity (Wildman–Crippen MR) is 77.2 cm³/mol. The van der Waals surface area contributed by atoms with Crippen LogP contribution in [0.25, 0.3) is 0 Å². The topological polar surface area (TPSA) is 20.3 Å². The molecule has 1 fully saturated rings. The number of piperidine rings is 1. The second-order valence-corrected chi connectivity index (χ2v) is 6.39. The maximum atomic E-state index is 12.6. The summed E-state index contributed by atoms with van der Waals surface area (Å²) in [5.74, 6) is 0.384. The van der Waals surface area contributed by atoms with Gasteiger partial charge in [-0.25, -0.2) is 0 Å². The Morgan fingerprint density at radius 3 is 2.67 bits per heavy atom. The highest BCUT2D eigenvalue weighted by atomic mass is 32.1. The summed E-state index contributed by atoms with van der Waals surface area (Å²) in [5, 5.41) is 2.05. The Labute approximate surface area is 114 Å². The molecule has 18 heavy (non-hydrogen) atoms. The first-order valence-electron chi connectivity index (χ1n) is 6.97. The van der Waals surface area contributed by atoms with Gasteiger partial charge in [-0.15, -0.1) is 11.3 Å². The smallest absolute Gasteiger partial charge is 0.157 e. The molecule has 1 saturated heterocycles. The first-order chi connectivity index (χ1) is 8.66. The van der Waals surface area contributed by atoms with Crippen LogP contribution < -0.4 is 0 Å². The van der Waals surface area contributed by atoms with Crippen LogP contribution >= 0.6 is 11.3 Å². The van der Waals surface area contributed by atoms with E-state index in [9.17, 15) is 4.79 Å². The van der Waals surface area contributed by atoms with Gasteiger partial charge in [0.2, 0.25) is 0 Å². The van der Waals surface area contributed by atoms with Gasteiger partial charge in [-0.3, -0.25) is 9.69 Å². The van der Waals surface area contributed by atoms with Crippen molar-refractivity contribution in [3.63, 3.8) is 0 Å². The van der Waals surface area contributed by atoms with Crippen LogP contribution in [0.4, 0.5) is 0 Å². The zero-order valence-electron chi connectivity index (χ0n) is 11.4. The van der Waals surface area contributed by atoms with E-state index in [4.69, 9.17) is 0 Å². The molecule has 2 rings (SSSR count). The van der Waals surface area contributed by atoms with E-state index >= 15 is 0 Å². The summed E-state index contributed by atoms with van der Waals surface area (Å²) < 4.78 is 0. The molecule has 0 saturated carbocycles. The van der Waals surface area contributed by atoms with E-state index in [1.165, 1.54) is 24.1 Å². The van der Waals surface area contributed by atoms with Gasteiger partial charge < -0.3 is 0 Å². The fourth-order valence-corrected chi connectivity index (χ4v) is 3.45. The molecule has 2 nitrogen and oxygen atoms in total. The van der Waals surface area contributed by atoms with E-state index in [2.05, 4.69) is 24.8 Å². The van der Waals surface area contributed by atoms with Crippen LogP contribution in [0, 0.1) is 0 Å². The lowest BCUT2D eigenvalue weighted by Gasteiger charge is -2.41. The van der Waals surface area contributed by atoms with Crippen molar-refractivity contribution in [2.75, 3.05) is 13.1 Å². The molecule has 0 aromatic carbocycles. The van der Waals surface area contributed by atoms with Crippen molar-refractivity contribution >= 4 is 17.1 Å². The van der Waals surface area contributed by atoms with Crippen LogP contribution in [0.3, 0.4) is 0 Å². The third kappa shape index (κ3) is 2.83. The number of Topliss-reactive ketones (excluding diaryl/α,β-unsaturated/α-hetero) is 1. The minimum atomic E-state index is -0.260. The second kappa shape index (κ2) is 5.98. The largest absolute Gasteiger partial charge is 0.297 e. The zero-order valence-corrected chi connectivity index (χ0v) is 12.3. The maximum absolute atomic E-state index is 12.6. The van der Waals surface area contributed by atoms with E-state index in [0.717, 1.165) is 19.5 Å². The van der Waals surface area contributed by atoms with Crippen molar-refractivity contribution in [3.8, 4) is 0 Å². The number of thiophene rings is 1. The van der Waals surface area contributed by atoms with Crippen LogP contribution in [0.1, 0.15) is 44.4 Å². The van der Waals surface area contributed by atoms with Crippen molar-refractivity contribution in [1.82, 2.24) is 4.90 Å². The van der Waals surface area contributed by atoms with E-state index in [-0.39, 0.29) is 5.54 Å². The van der Waals surface area contributed by atoms with Gasteiger partial charge in [0, 0.05) is 11.3 Å². The molecule has 0 aliphatic carbocycles. The molecule has 1 aromatic rings. The Balaban J connectivity index is 2.07. The number of nitrogens with zero attached hydrogens (tertiary/aromatic N) is 1. The van der Waals surface area contributed by atoms with Gasteiger partial charge in [0.15, 0.2) is 5.78 Å². The van der Waals surface area contributed by atoms with Gasteiger partial charge in [-0.2, -0.15) is 0 Å². The molecule has 0 bridgehead atoms. The quantitative estimate of drug-likeness (QED) is 0.812. The Morgan fingerprint density at radius 2 is 2.11 bits per heavy atom. The Kier molecular flexibility index (Phi) is 4.57. The number of likely N-dealkylation sites (tertiary alicyclic amines) is 1. The highest BCUT2D eigenvalue weighted by molar-refractivity contribution is 7.10. The molecule has 1 aliphatic rings. The number of rotatable bonds is 5. The van der Waals surface area contributed by atoms with Gasteiger partial charge in [-0.1, -0.05) is 19.4 Å². The van der Waals surface area contributed by atoms with E-state index in [0.29, 0.717) is 12.2 Å². The third-order valence-electron chi connectivity index (χ3n) is 4.26. The number of carbonyl (C=O) groups excluding carboxylic acids is 1. The molecular weight excluding hydrogens is 242 g/mol. The Morgan fingerprint density at radius 1 is 1.39 bits per heavy atom. The number of carbonyl (C=O) groups is 1. The molecule has 0 spiro atoms. The number of hydrogen-bond acceptors (Lipinski definition) is 3. The summed E-state index contributed by atoms with van der Waals surface area (Å²) in [4.78, 5) is 16.2. The molecule has 2 heterocycles. The maximum Gasteiger partial charge on any atom is 0.157 e. The summed E-state index contributed by atoms with van der Waals surface area (Å²) in [6.45, 7) is 6.44. The van der Waals surface area contributed by atoms with Crippen LogP contribution in [-0.4, -0.2) is 29.3 Å². The highest BCUT2D eigenvalue weighted by Crippen LogP contribution is 2.27. The van der Waals surface area contributed by atoms with Crippen molar-refractivity contribution in [2.24, 2.45) is 0 Å².